The molecule has 0 saturated carbocycles. The molecule has 1 aliphatic heterocycles. The zero-order chi connectivity index (χ0) is 25.6. The molecule has 1 aliphatic rings. The minimum absolute atomic E-state index is 0.223. The Kier molecular flexibility index (Phi) is 7.15. The molecule has 0 spiro atoms. The van der Waals surface area contributed by atoms with Crippen LogP contribution in [0.5, 0.6) is 5.75 Å². The standard InChI is InChI=1S/C29H28N6O2/c1-37-23-10-7-21(8-11-23)29(36)34-28-25(18-30)27(32-19-20-5-3-2-4-6-20)24-17-22(9-12-26(24)33-28)35-15-13-31-14-16-35/h2-12,17,31H,13-16,19H2,1H3,(H2,32,33,34,36). The van der Waals surface area contributed by atoms with Crippen molar-refractivity contribution in [3.8, 4) is 11.8 Å². The first-order valence-electron chi connectivity index (χ1n) is 12.2. The molecule has 0 bridgehead atoms. The van der Waals surface area contributed by atoms with Crippen LogP contribution >= 0.6 is 0 Å². The highest BCUT2D eigenvalue weighted by Crippen LogP contribution is 2.34. The van der Waals surface area contributed by atoms with Crippen molar-refractivity contribution in [3.05, 3.63) is 89.5 Å². The molecular formula is C29H28N6O2. The molecule has 186 valence electrons. The van der Waals surface area contributed by atoms with Gasteiger partial charge in [-0.1, -0.05) is 30.3 Å². The zero-order valence-corrected chi connectivity index (χ0v) is 20.6. The van der Waals surface area contributed by atoms with E-state index in [1.165, 1.54) is 0 Å². The molecule has 0 radical (unpaired) electrons. The molecule has 1 amide bonds. The van der Waals surface area contributed by atoms with Crippen LogP contribution in [0.4, 0.5) is 17.2 Å². The van der Waals surface area contributed by atoms with E-state index in [0.717, 1.165) is 42.8 Å². The third-order valence-electron chi connectivity index (χ3n) is 6.46. The quantitative estimate of drug-likeness (QED) is 0.352. The number of benzene rings is 3. The predicted octanol–water partition coefficient (Wildman–Crippen LogP) is 4.39. The minimum Gasteiger partial charge on any atom is -0.497 e. The number of methoxy groups -OCH3 is 1. The summed E-state index contributed by atoms with van der Waals surface area (Å²) in [6.07, 6.45) is 0. The number of nitrogens with zero attached hydrogens (tertiary/aromatic N) is 3. The second-order valence-electron chi connectivity index (χ2n) is 8.78. The average molecular weight is 493 g/mol. The Labute approximate surface area is 215 Å². The van der Waals surface area contributed by atoms with Gasteiger partial charge in [0.05, 0.1) is 18.3 Å². The van der Waals surface area contributed by atoms with Crippen LogP contribution in [-0.4, -0.2) is 44.2 Å². The summed E-state index contributed by atoms with van der Waals surface area (Å²) >= 11 is 0. The average Bonchev–Trinajstić information content (AvgIpc) is 2.96. The van der Waals surface area contributed by atoms with Crippen molar-refractivity contribution in [3.63, 3.8) is 0 Å². The molecule has 0 atom stereocenters. The van der Waals surface area contributed by atoms with Crippen molar-refractivity contribution >= 4 is 34.0 Å². The Hall–Kier alpha value is -4.61. The van der Waals surface area contributed by atoms with E-state index in [-0.39, 0.29) is 11.7 Å². The molecule has 37 heavy (non-hydrogen) atoms. The summed E-state index contributed by atoms with van der Waals surface area (Å²) in [4.78, 5) is 20.1. The fraction of sp³-hybridized carbons (Fsp3) is 0.207. The molecule has 5 rings (SSSR count). The van der Waals surface area contributed by atoms with Gasteiger partial charge in [0.1, 0.15) is 17.4 Å². The molecule has 3 N–H and O–H groups in total. The largest absolute Gasteiger partial charge is 0.497 e. The third kappa shape index (κ3) is 5.32. The van der Waals surface area contributed by atoms with Crippen molar-refractivity contribution in [2.75, 3.05) is 48.8 Å². The van der Waals surface area contributed by atoms with Crippen LogP contribution in [0.15, 0.2) is 72.8 Å². The third-order valence-corrected chi connectivity index (χ3v) is 6.46. The van der Waals surface area contributed by atoms with E-state index in [1.807, 2.05) is 42.5 Å². The lowest BCUT2D eigenvalue weighted by atomic mass is 10.1. The highest BCUT2D eigenvalue weighted by molar-refractivity contribution is 6.07. The Balaban J connectivity index is 1.55. The van der Waals surface area contributed by atoms with Crippen LogP contribution < -0.4 is 25.6 Å². The summed E-state index contributed by atoms with van der Waals surface area (Å²) in [5.41, 5.74) is 4.25. The van der Waals surface area contributed by atoms with E-state index in [2.05, 4.69) is 33.0 Å². The Morgan fingerprint density at radius 3 is 2.54 bits per heavy atom. The van der Waals surface area contributed by atoms with Gasteiger partial charge in [0, 0.05) is 49.4 Å². The first-order chi connectivity index (χ1) is 18.2. The van der Waals surface area contributed by atoms with Gasteiger partial charge < -0.3 is 25.6 Å². The number of carbonyl (C=O) groups excluding carboxylic acids is 1. The normalized spacial score (nSPS) is 13.1. The van der Waals surface area contributed by atoms with Crippen LogP contribution in [0.25, 0.3) is 10.9 Å². The number of aromatic nitrogens is 1. The number of pyridine rings is 1. The molecule has 1 aromatic heterocycles. The van der Waals surface area contributed by atoms with Crippen molar-refractivity contribution in [2.24, 2.45) is 0 Å². The Bertz CT molecular complexity index is 1440. The van der Waals surface area contributed by atoms with Crippen LogP contribution in [0.3, 0.4) is 0 Å². The smallest absolute Gasteiger partial charge is 0.256 e. The van der Waals surface area contributed by atoms with E-state index in [1.54, 1.807) is 31.4 Å². The van der Waals surface area contributed by atoms with E-state index < -0.39 is 0 Å². The first kappa shape index (κ1) is 24.1. The van der Waals surface area contributed by atoms with Crippen LogP contribution in [0, 0.1) is 11.3 Å². The summed E-state index contributed by atoms with van der Waals surface area (Å²) in [6.45, 7) is 4.20. The number of hydrogen-bond acceptors (Lipinski definition) is 7. The molecule has 8 nitrogen and oxygen atoms in total. The zero-order valence-electron chi connectivity index (χ0n) is 20.6. The molecule has 1 saturated heterocycles. The van der Waals surface area contributed by atoms with Crippen molar-refractivity contribution in [1.29, 1.82) is 5.26 Å². The highest BCUT2D eigenvalue weighted by atomic mass is 16.5. The second-order valence-corrected chi connectivity index (χ2v) is 8.78. The molecule has 1 fully saturated rings. The van der Waals surface area contributed by atoms with E-state index >= 15 is 0 Å². The Morgan fingerprint density at radius 2 is 1.84 bits per heavy atom. The first-order valence-corrected chi connectivity index (χ1v) is 12.2. The van der Waals surface area contributed by atoms with Gasteiger partial charge in [-0.05, 0) is 48.0 Å². The maximum Gasteiger partial charge on any atom is 0.256 e. The summed E-state index contributed by atoms with van der Waals surface area (Å²) in [6, 6.07) is 25.1. The van der Waals surface area contributed by atoms with Gasteiger partial charge in [-0.3, -0.25) is 4.79 Å². The van der Waals surface area contributed by atoms with E-state index in [0.29, 0.717) is 34.6 Å². The van der Waals surface area contributed by atoms with Crippen molar-refractivity contribution in [1.82, 2.24) is 10.3 Å². The van der Waals surface area contributed by atoms with Gasteiger partial charge in [-0.2, -0.15) is 5.26 Å². The maximum absolute atomic E-state index is 13.0. The fourth-order valence-electron chi connectivity index (χ4n) is 4.46. The number of rotatable bonds is 7. The lowest BCUT2D eigenvalue weighted by Gasteiger charge is -2.29. The van der Waals surface area contributed by atoms with Gasteiger partial charge in [-0.15, -0.1) is 0 Å². The second kappa shape index (κ2) is 11.0. The van der Waals surface area contributed by atoms with Crippen LogP contribution in [0.1, 0.15) is 21.5 Å². The van der Waals surface area contributed by atoms with Gasteiger partial charge in [0.2, 0.25) is 0 Å². The number of amides is 1. The summed E-state index contributed by atoms with van der Waals surface area (Å²) in [7, 11) is 1.57. The number of carbonyl (C=O) groups is 1. The number of ether oxygens (including phenoxy) is 1. The molecule has 3 aromatic carbocycles. The van der Waals surface area contributed by atoms with Gasteiger partial charge in [-0.25, -0.2) is 4.98 Å². The number of fused-ring (bicyclic) bond motifs is 1. The number of hydrogen-bond donors (Lipinski definition) is 3. The topological polar surface area (TPSA) is 102 Å². The van der Waals surface area contributed by atoms with Gasteiger partial charge in [0.15, 0.2) is 5.82 Å². The van der Waals surface area contributed by atoms with E-state index in [9.17, 15) is 10.1 Å². The number of nitriles is 1. The predicted molar refractivity (Wildman–Crippen MR) is 146 cm³/mol. The number of piperazine rings is 1. The number of nitrogens with one attached hydrogen (secondary N) is 3. The number of anilines is 3. The monoisotopic (exact) mass is 492 g/mol. The molecule has 2 heterocycles. The fourth-order valence-corrected chi connectivity index (χ4v) is 4.46. The molecule has 0 aliphatic carbocycles. The van der Waals surface area contributed by atoms with Crippen LogP contribution in [-0.2, 0) is 6.54 Å². The van der Waals surface area contributed by atoms with Crippen molar-refractivity contribution < 1.29 is 9.53 Å². The van der Waals surface area contributed by atoms with Gasteiger partial charge in [0.25, 0.3) is 5.91 Å². The maximum atomic E-state index is 13.0. The van der Waals surface area contributed by atoms with E-state index in [4.69, 9.17) is 9.72 Å². The molecular weight excluding hydrogens is 464 g/mol. The minimum atomic E-state index is -0.350. The van der Waals surface area contributed by atoms with Crippen LogP contribution in [0.2, 0.25) is 0 Å². The SMILES string of the molecule is COc1ccc(C(=O)Nc2nc3ccc(N4CCNCC4)cc3c(NCc3ccccc3)c2C#N)cc1. The summed E-state index contributed by atoms with van der Waals surface area (Å²) in [5.74, 6) is 0.532. The lowest BCUT2D eigenvalue weighted by Crippen LogP contribution is -2.43. The highest BCUT2D eigenvalue weighted by Gasteiger charge is 2.20. The van der Waals surface area contributed by atoms with Crippen molar-refractivity contribution in [2.45, 2.75) is 6.54 Å². The molecule has 4 aromatic rings. The summed E-state index contributed by atoms with van der Waals surface area (Å²) in [5, 5.41) is 20.7. The van der Waals surface area contributed by atoms with Gasteiger partial charge >= 0.3 is 0 Å². The molecule has 8 heteroatoms. The molecule has 0 unspecified atom stereocenters. The summed E-state index contributed by atoms with van der Waals surface area (Å²) < 4.78 is 5.18. The lowest BCUT2D eigenvalue weighted by molar-refractivity contribution is 0.102. The Morgan fingerprint density at radius 1 is 1.08 bits per heavy atom.